The van der Waals surface area contributed by atoms with Gasteiger partial charge in [-0.1, -0.05) is 159 Å². The SMILES string of the molecule is CC1(C)c2cc(-c3ccc(Nc4ccccc4)c(-c4ccccc4)c3)ccc2N(c2cccc3ccccc23)c2ccc(-c3ccc4c(c3)c3ccccc3n4-c3ccccc3)cc21. The number of nitrogens with zero attached hydrogens (tertiary/aromatic N) is 2. The van der Waals surface area contributed by atoms with Gasteiger partial charge in [-0.15, -0.1) is 0 Å². The quantitative estimate of drug-likeness (QED) is 0.173. The minimum absolute atomic E-state index is 0.331. The van der Waals surface area contributed by atoms with E-state index in [0.29, 0.717) is 0 Å². The maximum absolute atomic E-state index is 3.70. The van der Waals surface area contributed by atoms with Crippen LogP contribution in [0.25, 0.3) is 71.6 Å². The van der Waals surface area contributed by atoms with Gasteiger partial charge < -0.3 is 14.8 Å². The molecule has 0 spiro atoms. The van der Waals surface area contributed by atoms with Gasteiger partial charge in [-0.25, -0.2) is 0 Å². The van der Waals surface area contributed by atoms with E-state index in [4.69, 9.17) is 0 Å². The molecule has 0 aliphatic carbocycles. The Hall–Kier alpha value is -8.14. The zero-order valence-electron chi connectivity index (χ0n) is 35.8. The second kappa shape index (κ2) is 15.0. The van der Waals surface area contributed by atoms with Crippen molar-refractivity contribution in [2.75, 3.05) is 10.2 Å². The summed E-state index contributed by atoms with van der Waals surface area (Å²) in [6, 6.07) is 84.1. The van der Waals surface area contributed by atoms with Crippen molar-refractivity contribution in [2.45, 2.75) is 19.3 Å². The van der Waals surface area contributed by atoms with Crippen LogP contribution in [0.1, 0.15) is 25.0 Å². The molecule has 0 bridgehead atoms. The predicted octanol–water partition coefficient (Wildman–Crippen LogP) is 16.8. The van der Waals surface area contributed by atoms with E-state index in [-0.39, 0.29) is 5.41 Å². The molecule has 1 aliphatic heterocycles. The Morgan fingerprint density at radius 1 is 0.375 bits per heavy atom. The number of hydrogen-bond acceptors (Lipinski definition) is 2. The third kappa shape index (κ3) is 6.20. The molecule has 0 amide bonds. The number of anilines is 5. The Balaban J connectivity index is 1.03. The molecule has 3 heteroatoms. The second-order valence-corrected chi connectivity index (χ2v) is 17.5. The summed E-state index contributed by atoms with van der Waals surface area (Å²) in [5.74, 6) is 0. The van der Waals surface area contributed by atoms with Crippen molar-refractivity contribution < 1.29 is 0 Å². The average molecular weight is 820 g/mol. The fraction of sp³-hybridized carbons (Fsp3) is 0.0492. The average Bonchev–Trinajstić information content (AvgIpc) is 3.69. The molecule has 304 valence electrons. The Kier molecular flexibility index (Phi) is 8.84. The van der Waals surface area contributed by atoms with E-state index in [1.54, 1.807) is 0 Å². The monoisotopic (exact) mass is 819 g/mol. The van der Waals surface area contributed by atoms with Crippen molar-refractivity contribution in [3.05, 3.63) is 242 Å². The van der Waals surface area contributed by atoms with Crippen LogP contribution in [-0.2, 0) is 5.41 Å². The van der Waals surface area contributed by atoms with E-state index < -0.39 is 0 Å². The summed E-state index contributed by atoms with van der Waals surface area (Å²) in [6.07, 6.45) is 0. The van der Waals surface area contributed by atoms with Gasteiger partial charge in [0, 0.05) is 44.2 Å². The lowest BCUT2D eigenvalue weighted by Crippen LogP contribution is -2.30. The maximum Gasteiger partial charge on any atom is 0.0541 e. The number of rotatable bonds is 7. The number of aromatic nitrogens is 1. The molecular weight excluding hydrogens is 775 g/mol. The molecule has 1 aliphatic rings. The Bertz CT molecular complexity index is 3540. The van der Waals surface area contributed by atoms with E-state index in [2.05, 4.69) is 259 Å². The highest BCUT2D eigenvalue weighted by Gasteiger charge is 2.38. The van der Waals surface area contributed by atoms with Crippen molar-refractivity contribution >= 4 is 61.0 Å². The molecule has 12 rings (SSSR count). The summed E-state index contributed by atoms with van der Waals surface area (Å²) in [7, 11) is 0. The Morgan fingerprint density at radius 2 is 0.922 bits per heavy atom. The lowest BCUT2D eigenvalue weighted by atomic mass is 9.72. The number of hydrogen-bond donors (Lipinski definition) is 1. The molecule has 0 radical (unpaired) electrons. The minimum Gasteiger partial charge on any atom is -0.355 e. The van der Waals surface area contributed by atoms with Crippen LogP contribution in [-0.4, -0.2) is 4.57 Å². The largest absolute Gasteiger partial charge is 0.355 e. The smallest absolute Gasteiger partial charge is 0.0541 e. The van der Waals surface area contributed by atoms with Crippen LogP contribution in [0.3, 0.4) is 0 Å². The van der Waals surface area contributed by atoms with Gasteiger partial charge in [0.2, 0.25) is 0 Å². The normalized spacial score (nSPS) is 12.9. The molecule has 1 N–H and O–H groups in total. The maximum atomic E-state index is 3.70. The van der Waals surface area contributed by atoms with E-state index in [9.17, 15) is 0 Å². The number of fused-ring (bicyclic) bond motifs is 6. The standard InChI is InChI=1S/C61H45N3/c1-61(2)53-39-45(43-29-33-55(62-47-21-8-4-9-22-47)51(37-43)42-17-6-3-7-18-42)31-35-59(53)64(56-28-16-20-41-19-12-13-25-49(41)56)60-36-32-46(40-54(60)61)44-30-34-58-52(38-44)50-26-14-15-27-57(50)63(58)48-23-10-5-11-24-48/h3-40,62H,1-2H3. The van der Waals surface area contributed by atoms with Gasteiger partial charge in [0.15, 0.2) is 0 Å². The second-order valence-electron chi connectivity index (χ2n) is 17.5. The zero-order valence-corrected chi connectivity index (χ0v) is 35.8. The van der Waals surface area contributed by atoms with Gasteiger partial charge in [-0.05, 0) is 129 Å². The van der Waals surface area contributed by atoms with Crippen LogP contribution in [0.15, 0.2) is 231 Å². The van der Waals surface area contributed by atoms with Gasteiger partial charge in [0.05, 0.1) is 28.1 Å². The molecule has 0 unspecified atom stereocenters. The van der Waals surface area contributed by atoms with Gasteiger partial charge in [-0.2, -0.15) is 0 Å². The third-order valence-electron chi connectivity index (χ3n) is 13.3. The van der Waals surface area contributed by atoms with Crippen molar-refractivity contribution in [2.24, 2.45) is 0 Å². The molecule has 3 nitrogen and oxygen atoms in total. The zero-order chi connectivity index (χ0) is 42.8. The summed E-state index contributed by atoms with van der Waals surface area (Å²) >= 11 is 0. The van der Waals surface area contributed by atoms with Crippen molar-refractivity contribution in [3.63, 3.8) is 0 Å². The summed E-state index contributed by atoms with van der Waals surface area (Å²) in [5, 5.41) is 8.66. The molecular formula is C61H45N3. The minimum atomic E-state index is -0.331. The van der Waals surface area contributed by atoms with Crippen LogP contribution in [0, 0.1) is 0 Å². The highest BCUT2D eigenvalue weighted by molar-refractivity contribution is 6.10. The highest BCUT2D eigenvalue weighted by atomic mass is 15.2. The highest BCUT2D eigenvalue weighted by Crippen LogP contribution is 2.54. The molecule has 0 atom stereocenters. The number of nitrogens with one attached hydrogen (secondary N) is 1. The topological polar surface area (TPSA) is 20.2 Å². The Labute approximate surface area is 374 Å². The van der Waals surface area contributed by atoms with Crippen molar-refractivity contribution in [1.29, 1.82) is 0 Å². The fourth-order valence-corrected chi connectivity index (χ4v) is 10.1. The third-order valence-corrected chi connectivity index (χ3v) is 13.3. The molecule has 2 heterocycles. The van der Waals surface area contributed by atoms with Crippen molar-refractivity contribution in [1.82, 2.24) is 4.57 Å². The van der Waals surface area contributed by atoms with Gasteiger partial charge in [0.25, 0.3) is 0 Å². The van der Waals surface area contributed by atoms with Gasteiger partial charge in [-0.3, -0.25) is 0 Å². The molecule has 64 heavy (non-hydrogen) atoms. The predicted molar refractivity (Wildman–Crippen MR) is 271 cm³/mol. The van der Waals surface area contributed by atoms with Crippen LogP contribution in [0.4, 0.5) is 28.4 Å². The molecule has 0 saturated heterocycles. The molecule has 0 fully saturated rings. The van der Waals surface area contributed by atoms with Crippen LogP contribution in [0.5, 0.6) is 0 Å². The molecule has 11 aromatic rings. The first kappa shape index (κ1) is 37.6. The van der Waals surface area contributed by atoms with E-state index in [1.165, 1.54) is 94.3 Å². The summed E-state index contributed by atoms with van der Waals surface area (Å²) in [5.41, 5.74) is 18.7. The van der Waals surface area contributed by atoms with E-state index in [1.807, 2.05) is 0 Å². The molecule has 1 aromatic heterocycles. The lowest BCUT2D eigenvalue weighted by molar-refractivity contribution is 0.632. The van der Waals surface area contributed by atoms with Gasteiger partial charge in [0.1, 0.15) is 0 Å². The lowest BCUT2D eigenvalue weighted by Gasteiger charge is -2.43. The van der Waals surface area contributed by atoms with Crippen molar-refractivity contribution in [3.8, 4) is 39.1 Å². The summed E-state index contributed by atoms with van der Waals surface area (Å²) < 4.78 is 2.39. The van der Waals surface area contributed by atoms with Crippen LogP contribution >= 0.6 is 0 Å². The first-order chi connectivity index (χ1) is 31.5. The number of benzene rings is 10. The van der Waals surface area contributed by atoms with Crippen LogP contribution in [0.2, 0.25) is 0 Å². The van der Waals surface area contributed by atoms with Crippen LogP contribution < -0.4 is 10.2 Å². The van der Waals surface area contributed by atoms with E-state index in [0.717, 1.165) is 16.9 Å². The summed E-state index contributed by atoms with van der Waals surface area (Å²) in [4.78, 5) is 2.50. The fourth-order valence-electron chi connectivity index (χ4n) is 10.1. The number of para-hydroxylation sites is 3. The Morgan fingerprint density at radius 3 is 1.66 bits per heavy atom. The first-order valence-electron chi connectivity index (χ1n) is 22.2. The van der Waals surface area contributed by atoms with Gasteiger partial charge >= 0.3 is 0 Å². The van der Waals surface area contributed by atoms with E-state index >= 15 is 0 Å². The summed E-state index contributed by atoms with van der Waals surface area (Å²) in [6.45, 7) is 4.80. The molecule has 0 saturated carbocycles. The molecule has 10 aromatic carbocycles. The first-order valence-corrected chi connectivity index (χ1v) is 22.2.